The van der Waals surface area contributed by atoms with E-state index in [1.54, 1.807) is 36.4 Å². The van der Waals surface area contributed by atoms with Crippen LogP contribution in [-0.2, 0) is 0 Å². The molecule has 2 aromatic carbocycles. The van der Waals surface area contributed by atoms with E-state index in [-0.39, 0.29) is 24.0 Å². The fourth-order valence-corrected chi connectivity index (χ4v) is 2.79. The predicted octanol–water partition coefficient (Wildman–Crippen LogP) is 2.96. The third kappa shape index (κ3) is 3.81. The maximum atomic E-state index is 13.1. The number of amides is 1. The van der Waals surface area contributed by atoms with Gasteiger partial charge in [0.05, 0.1) is 6.04 Å². The van der Waals surface area contributed by atoms with Crippen molar-refractivity contribution in [2.75, 3.05) is 20.6 Å². The highest BCUT2D eigenvalue weighted by Gasteiger charge is 2.18. The summed E-state index contributed by atoms with van der Waals surface area (Å²) < 4.78 is 18.3. The SMILES string of the molecule is CN(C)[C@@H](CNC(=O)c1cc2ccccc2oc1=O)c1ccc(F)cc1. The minimum absolute atomic E-state index is 0.0414. The second-order valence-corrected chi connectivity index (χ2v) is 6.23. The van der Waals surface area contributed by atoms with Crippen LogP contribution in [0.4, 0.5) is 4.39 Å². The van der Waals surface area contributed by atoms with Crippen molar-refractivity contribution in [2.45, 2.75) is 6.04 Å². The molecule has 0 aliphatic rings. The van der Waals surface area contributed by atoms with E-state index in [1.165, 1.54) is 18.2 Å². The number of para-hydroxylation sites is 1. The first-order chi connectivity index (χ1) is 12.5. The van der Waals surface area contributed by atoms with E-state index in [0.29, 0.717) is 11.0 Å². The zero-order valence-electron chi connectivity index (χ0n) is 14.5. The van der Waals surface area contributed by atoms with E-state index >= 15 is 0 Å². The number of hydrogen-bond donors (Lipinski definition) is 1. The van der Waals surface area contributed by atoms with Gasteiger partial charge in [0.25, 0.3) is 5.91 Å². The van der Waals surface area contributed by atoms with Gasteiger partial charge < -0.3 is 14.6 Å². The van der Waals surface area contributed by atoms with Gasteiger partial charge in [-0.15, -0.1) is 0 Å². The van der Waals surface area contributed by atoms with Crippen LogP contribution in [0, 0.1) is 5.82 Å². The van der Waals surface area contributed by atoms with Crippen molar-refractivity contribution in [3.8, 4) is 0 Å². The fraction of sp³-hybridized carbons (Fsp3) is 0.200. The summed E-state index contributed by atoms with van der Waals surface area (Å²) in [6.45, 7) is 0.268. The smallest absolute Gasteiger partial charge is 0.349 e. The van der Waals surface area contributed by atoms with Crippen LogP contribution in [-0.4, -0.2) is 31.4 Å². The molecule has 6 heteroatoms. The standard InChI is InChI=1S/C20H19FN2O3/c1-23(2)17(13-7-9-15(21)10-8-13)12-22-19(24)16-11-14-5-3-4-6-18(14)26-20(16)25/h3-11,17H,12H2,1-2H3,(H,22,24)/t17-/m0/s1. The molecule has 1 amide bonds. The minimum atomic E-state index is -0.676. The van der Waals surface area contributed by atoms with Gasteiger partial charge in [-0.1, -0.05) is 30.3 Å². The molecule has 1 aromatic heterocycles. The quantitative estimate of drug-likeness (QED) is 0.716. The molecule has 1 atom stereocenters. The van der Waals surface area contributed by atoms with Gasteiger partial charge in [0.15, 0.2) is 0 Å². The van der Waals surface area contributed by atoms with Crippen molar-refractivity contribution >= 4 is 16.9 Å². The summed E-state index contributed by atoms with van der Waals surface area (Å²) in [6.07, 6.45) is 0. The minimum Gasteiger partial charge on any atom is -0.422 e. The zero-order valence-corrected chi connectivity index (χ0v) is 14.5. The fourth-order valence-electron chi connectivity index (χ4n) is 2.79. The molecule has 0 unspecified atom stereocenters. The molecule has 1 heterocycles. The van der Waals surface area contributed by atoms with Crippen LogP contribution in [0.5, 0.6) is 0 Å². The summed E-state index contributed by atoms with van der Waals surface area (Å²) in [6, 6.07) is 14.5. The highest BCUT2D eigenvalue weighted by molar-refractivity contribution is 5.96. The van der Waals surface area contributed by atoms with E-state index in [1.807, 2.05) is 19.0 Å². The van der Waals surface area contributed by atoms with E-state index in [9.17, 15) is 14.0 Å². The monoisotopic (exact) mass is 354 g/mol. The van der Waals surface area contributed by atoms with Crippen LogP contribution in [0.3, 0.4) is 0 Å². The Morgan fingerprint density at radius 1 is 1.15 bits per heavy atom. The Morgan fingerprint density at radius 3 is 2.54 bits per heavy atom. The first kappa shape index (κ1) is 17.8. The molecule has 5 nitrogen and oxygen atoms in total. The second kappa shape index (κ2) is 7.49. The number of carbonyl (C=O) groups excluding carboxylic acids is 1. The lowest BCUT2D eigenvalue weighted by Gasteiger charge is -2.25. The molecule has 134 valence electrons. The lowest BCUT2D eigenvalue weighted by molar-refractivity contribution is 0.0938. The highest BCUT2D eigenvalue weighted by atomic mass is 19.1. The summed E-state index contributed by atoms with van der Waals surface area (Å²) in [7, 11) is 3.73. The van der Waals surface area contributed by atoms with Crippen LogP contribution in [0.1, 0.15) is 22.0 Å². The number of carbonyl (C=O) groups is 1. The van der Waals surface area contributed by atoms with E-state index < -0.39 is 11.5 Å². The van der Waals surface area contributed by atoms with Crippen LogP contribution < -0.4 is 10.9 Å². The molecule has 0 saturated heterocycles. The number of hydrogen-bond acceptors (Lipinski definition) is 4. The van der Waals surface area contributed by atoms with Gasteiger partial charge in [-0.25, -0.2) is 9.18 Å². The summed E-state index contributed by atoms with van der Waals surface area (Å²) in [5, 5.41) is 3.45. The summed E-state index contributed by atoms with van der Waals surface area (Å²) >= 11 is 0. The van der Waals surface area contributed by atoms with Gasteiger partial charge in [0.2, 0.25) is 0 Å². The number of nitrogens with one attached hydrogen (secondary N) is 1. The number of halogens is 1. The maximum Gasteiger partial charge on any atom is 0.349 e. The first-order valence-electron chi connectivity index (χ1n) is 8.18. The Kier molecular flexibility index (Phi) is 5.14. The Bertz CT molecular complexity index is 980. The number of rotatable bonds is 5. The first-order valence-corrected chi connectivity index (χ1v) is 8.18. The molecule has 26 heavy (non-hydrogen) atoms. The van der Waals surface area contributed by atoms with Crippen molar-refractivity contribution in [2.24, 2.45) is 0 Å². The van der Waals surface area contributed by atoms with E-state index in [0.717, 1.165) is 5.56 Å². The average molecular weight is 354 g/mol. The molecule has 0 bridgehead atoms. The molecular weight excluding hydrogens is 335 g/mol. The number of benzene rings is 2. The number of likely N-dealkylation sites (N-methyl/N-ethyl adjacent to an activating group) is 1. The molecule has 3 aromatic rings. The van der Waals surface area contributed by atoms with Gasteiger partial charge in [-0.05, 0) is 43.9 Å². The van der Waals surface area contributed by atoms with Gasteiger partial charge in [0.1, 0.15) is 17.0 Å². The van der Waals surface area contributed by atoms with Crippen LogP contribution in [0.2, 0.25) is 0 Å². The van der Waals surface area contributed by atoms with Crippen molar-refractivity contribution < 1.29 is 13.6 Å². The normalized spacial score (nSPS) is 12.3. The van der Waals surface area contributed by atoms with Gasteiger partial charge in [-0.2, -0.15) is 0 Å². The highest BCUT2D eigenvalue weighted by Crippen LogP contribution is 2.18. The Morgan fingerprint density at radius 2 is 1.85 bits per heavy atom. The lowest BCUT2D eigenvalue weighted by Crippen LogP contribution is -2.36. The second-order valence-electron chi connectivity index (χ2n) is 6.23. The summed E-state index contributed by atoms with van der Waals surface area (Å²) in [5.74, 6) is -0.817. The predicted molar refractivity (Wildman–Crippen MR) is 97.6 cm³/mol. The van der Waals surface area contributed by atoms with Crippen LogP contribution >= 0.6 is 0 Å². The topological polar surface area (TPSA) is 62.6 Å². The average Bonchev–Trinajstić information content (AvgIpc) is 2.62. The third-order valence-electron chi connectivity index (χ3n) is 4.22. The molecule has 0 fully saturated rings. The number of nitrogens with zero attached hydrogens (tertiary/aromatic N) is 1. The van der Waals surface area contributed by atoms with Gasteiger partial charge >= 0.3 is 5.63 Å². The molecule has 0 radical (unpaired) electrons. The maximum absolute atomic E-state index is 13.1. The van der Waals surface area contributed by atoms with Crippen molar-refractivity contribution in [1.29, 1.82) is 0 Å². The molecule has 0 saturated carbocycles. The zero-order chi connectivity index (χ0) is 18.7. The number of fused-ring (bicyclic) bond motifs is 1. The molecule has 0 spiro atoms. The van der Waals surface area contributed by atoms with Crippen molar-refractivity contribution in [3.05, 3.63) is 82.0 Å². The van der Waals surface area contributed by atoms with Crippen molar-refractivity contribution in [3.63, 3.8) is 0 Å². The Hall–Kier alpha value is -2.99. The van der Waals surface area contributed by atoms with E-state index in [4.69, 9.17) is 4.42 Å². The third-order valence-corrected chi connectivity index (χ3v) is 4.22. The van der Waals surface area contributed by atoms with Crippen LogP contribution in [0.25, 0.3) is 11.0 Å². The Balaban J connectivity index is 1.79. The summed E-state index contributed by atoms with van der Waals surface area (Å²) in [4.78, 5) is 26.5. The van der Waals surface area contributed by atoms with Crippen LogP contribution in [0.15, 0.2) is 63.8 Å². The molecule has 0 aliphatic heterocycles. The van der Waals surface area contributed by atoms with Gasteiger partial charge in [-0.3, -0.25) is 4.79 Å². The molecule has 1 N–H and O–H groups in total. The molecule has 0 aliphatic carbocycles. The summed E-state index contributed by atoms with van der Waals surface area (Å²) in [5.41, 5.74) is 0.582. The molecule has 3 rings (SSSR count). The lowest BCUT2D eigenvalue weighted by atomic mass is 10.1. The van der Waals surface area contributed by atoms with Gasteiger partial charge in [0, 0.05) is 11.9 Å². The largest absolute Gasteiger partial charge is 0.422 e. The Labute approximate surface area is 150 Å². The van der Waals surface area contributed by atoms with E-state index in [2.05, 4.69) is 5.32 Å². The van der Waals surface area contributed by atoms with Crippen molar-refractivity contribution in [1.82, 2.24) is 10.2 Å². The molecular formula is C20H19FN2O3.